The monoisotopic (exact) mass is 433 g/mol. The summed E-state index contributed by atoms with van der Waals surface area (Å²) in [7, 11) is 1.62. The number of benzene rings is 2. The van der Waals surface area contributed by atoms with E-state index in [0.717, 1.165) is 60.8 Å². The number of ether oxygens (including phenoxy) is 1. The second kappa shape index (κ2) is 10.4. The van der Waals surface area contributed by atoms with Crippen molar-refractivity contribution in [1.82, 2.24) is 10.1 Å². The van der Waals surface area contributed by atoms with Crippen LogP contribution in [-0.4, -0.2) is 42.7 Å². The number of amides is 1. The van der Waals surface area contributed by atoms with E-state index >= 15 is 0 Å². The minimum Gasteiger partial charge on any atom is -0.497 e. The molecule has 0 atom stereocenters. The van der Waals surface area contributed by atoms with Crippen LogP contribution >= 0.6 is 0 Å². The highest BCUT2D eigenvalue weighted by Gasteiger charge is 2.27. The SMILES string of the molecule is CCCN(Cc1c(-c2ccccc2)noc1N1CCCCC1)C(=O)c1ccc(OC)cc1. The zero-order chi connectivity index (χ0) is 22.3. The lowest BCUT2D eigenvalue weighted by molar-refractivity contribution is 0.0743. The average molecular weight is 434 g/mol. The lowest BCUT2D eigenvalue weighted by Gasteiger charge is -2.28. The maximum Gasteiger partial charge on any atom is 0.254 e. The molecule has 2 heterocycles. The first-order valence-electron chi connectivity index (χ1n) is 11.4. The Labute approximate surface area is 189 Å². The molecular weight excluding hydrogens is 402 g/mol. The number of methoxy groups -OCH3 is 1. The van der Waals surface area contributed by atoms with Gasteiger partial charge in [0.2, 0.25) is 5.88 Å². The van der Waals surface area contributed by atoms with Gasteiger partial charge in [0.15, 0.2) is 0 Å². The number of rotatable bonds is 8. The molecule has 0 spiro atoms. The molecule has 32 heavy (non-hydrogen) atoms. The minimum absolute atomic E-state index is 0.000640. The molecule has 0 bridgehead atoms. The van der Waals surface area contributed by atoms with Crippen LogP contribution in [-0.2, 0) is 6.54 Å². The van der Waals surface area contributed by atoms with E-state index in [0.29, 0.717) is 18.7 Å². The molecule has 1 aliphatic rings. The summed E-state index contributed by atoms with van der Waals surface area (Å²) in [6.07, 6.45) is 4.39. The Hall–Kier alpha value is -3.28. The summed E-state index contributed by atoms with van der Waals surface area (Å²) in [6.45, 7) is 5.11. The van der Waals surface area contributed by atoms with Crippen LogP contribution in [0.15, 0.2) is 59.1 Å². The third-order valence-corrected chi connectivity index (χ3v) is 5.92. The van der Waals surface area contributed by atoms with Crippen LogP contribution < -0.4 is 9.64 Å². The van der Waals surface area contributed by atoms with E-state index in [4.69, 9.17) is 9.26 Å². The van der Waals surface area contributed by atoms with E-state index in [2.05, 4.69) is 17.0 Å². The minimum atomic E-state index is -0.000640. The molecule has 2 aromatic carbocycles. The van der Waals surface area contributed by atoms with Gasteiger partial charge in [0.1, 0.15) is 11.4 Å². The smallest absolute Gasteiger partial charge is 0.254 e. The Kier molecular flexibility index (Phi) is 7.10. The number of anilines is 1. The van der Waals surface area contributed by atoms with Crippen molar-refractivity contribution in [3.8, 4) is 17.0 Å². The highest BCUT2D eigenvalue weighted by Crippen LogP contribution is 2.34. The molecule has 1 amide bonds. The molecule has 6 nitrogen and oxygen atoms in total. The van der Waals surface area contributed by atoms with Crippen molar-refractivity contribution in [2.24, 2.45) is 0 Å². The summed E-state index contributed by atoms with van der Waals surface area (Å²) in [5, 5.41) is 4.46. The lowest BCUT2D eigenvalue weighted by atomic mass is 10.0. The molecule has 168 valence electrons. The van der Waals surface area contributed by atoms with Crippen molar-refractivity contribution >= 4 is 11.8 Å². The van der Waals surface area contributed by atoms with Gasteiger partial charge in [-0.25, -0.2) is 0 Å². The Balaban J connectivity index is 1.68. The normalized spacial score (nSPS) is 13.8. The molecule has 0 radical (unpaired) electrons. The fourth-order valence-corrected chi connectivity index (χ4v) is 4.24. The fourth-order valence-electron chi connectivity index (χ4n) is 4.24. The van der Waals surface area contributed by atoms with E-state index < -0.39 is 0 Å². The quantitative estimate of drug-likeness (QED) is 0.476. The van der Waals surface area contributed by atoms with E-state index in [1.165, 1.54) is 6.42 Å². The predicted molar refractivity (Wildman–Crippen MR) is 126 cm³/mol. The zero-order valence-electron chi connectivity index (χ0n) is 18.9. The van der Waals surface area contributed by atoms with Crippen molar-refractivity contribution in [1.29, 1.82) is 0 Å². The van der Waals surface area contributed by atoms with Crippen molar-refractivity contribution in [2.45, 2.75) is 39.2 Å². The maximum absolute atomic E-state index is 13.4. The molecule has 1 aromatic heterocycles. The van der Waals surface area contributed by atoms with Gasteiger partial charge < -0.3 is 19.1 Å². The van der Waals surface area contributed by atoms with Crippen LogP contribution in [0.1, 0.15) is 48.5 Å². The fraction of sp³-hybridized carbons (Fsp3) is 0.385. The standard InChI is InChI=1S/C26H31N3O3/c1-3-16-29(25(30)21-12-14-22(31-2)15-13-21)19-23-24(20-10-6-4-7-11-20)27-32-26(23)28-17-8-5-9-18-28/h4,6-7,10-15H,3,5,8-9,16-19H2,1-2H3. The number of carbonyl (C=O) groups excluding carboxylic acids is 1. The second-order valence-corrected chi connectivity index (χ2v) is 8.18. The van der Waals surface area contributed by atoms with Crippen molar-refractivity contribution in [3.05, 3.63) is 65.7 Å². The molecule has 6 heteroatoms. The van der Waals surface area contributed by atoms with Crippen LogP contribution in [0.5, 0.6) is 5.75 Å². The first-order valence-corrected chi connectivity index (χ1v) is 11.4. The van der Waals surface area contributed by atoms with Gasteiger partial charge in [-0.15, -0.1) is 0 Å². The molecule has 1 aliphatic heterocycles. The van der Waals surface area contributed by atoms with Crippen molar-refractivity contribution < 1.29 is 14.1 Å². The second-order valence-electron chi connectivity index (χ2n) is 8.18. The number of piperidine rings is 1. The highest BCUT2D eigenvalue weighted by molar-refractivity contribution is 5.94. The third-order valence-electron chi connectivity index (χ3n) is 5.92. The van der Waals surface area contributed by atoms with E-state index in [1.807, 2.05) is 59.5 Å². The Morgan fingerprint density at radius 3 is 2.44 bits per heavy atom. The number of carbonyl (C=O) groups is 1. The summed E-state index contributed by atoms with van der Waals surface area (Å²) in [4.78, 5) is 17.6. The van der Waals surface area contributed by atoms with Gasteiger partial charge >= 0.3 is 0 Å². The molecule has 1 fully saturated rings. The van der Waals surface area contributed by atoms with Gasteiger partial charge in [-0.2, -0.15) is 0 Å². The molecular formula is C26H31N3O3. The van der Waals surface area contributed by atoms with E-state index in [9.17, 15) is 4.79 Å². The van der Waals surface area contributed by atoms with Crippen LogP contribution in [0.2, 0.25) is 0 Å². The van der Waals surface area contributed by atoms with Gasteiger partial charge in [0.25, 0.3) is 5.91 Å². The Morgan fingerprint density at radius 1 is 1.06 bits per heavy atom. The molecule has 0 N–H and O–H groups in total. The number of nitrogens with zero attached hydrogens (tertiary/aromatic N) is 3. The molecule has 0 saturated carbocycles. The van der Waals surface area contributed by atoms with Gasteiger partial charge in [0, 0.05) is 30.8 Å². The summed E-state index contributed by atoms with van der Waals surface area (Å²) in [6, 6.07) is 17.4. The summed E-state index contributed by atoms with van der Waals surface area (Å²) >= 11 is 0. The predicted octanol–water partition coefficient (Wildman–Crippen LogP) is 5.39. The van der Waals surface area contributed by atoms with Gasteiger partial charge in [0.05, 0.1) is 19.2 Å². The van der Waals surface area contributed by atoms with Crippen LogP contribution in [0.3, 0.4) is 0 Å². The van der Waals surface area contributed by atoms with Crippen LogP contribution in [0, 0.1) is 0 Å². The number of hydrogen-bond acceptors (Lipinski definition) is 5. The van der Waals surface area contributed by atoms with Gasteiger partial charge in [-0.1, -0.05) is 42.4 Å². The number of hydrogen-bond donors (Lipinski definition) is 0. The molecule has 0 aliphatic carbocycles. The van der Waals surface area contributed by atoms with Crippen molar-refractivity contribution in [3.63, 3.8) is 0 Å². The van der Waals surface area contributed by atoms with E-state index in [1.54, 1.807) is 7.11 Å². The molecule has 4 rings (SSSR count). The first kappa shape index (κ1) is 21.9. The average Bonchev–Trinajstić information content (AvgIpc) is 3.28. The largest absolute Gasteiger partial charge is 0.497 e. The molecule has 0 unspecified atom stereocenters. The molecule has 1 saturated heterocycles. The van der Waals surface area contributed by atoms with Crippen LogP contribution in [0.4, 0.5) is 5.88 Å². The molecule has 3 aromatic rings. The Bertz CT molecular complexity index is 1010. The maximum atomic E-state index is 13.4. The van der Waals surface area contributed by atoms with E-state index in [-0.39, 0.29) is 5.91 Å². The number of aromatic nitrogens is 1. The highest BCUT2D eigenvalue weighted by atomic mass is 16.5. The zero-order valence-corrected chi connectivity index (χ0v) is 18.9. The van der Waals surface area contributed by atoms with Gasteiger partial charge in [-0.3, -0.25) is 4.79 Å². The summed E-state index contributed by atoms with van der Waals surface area (Å²) < 4.78 is 11.1. The van der Waals surface area contributed by atoms with Crippen LogP contribution in [0.25, 0.3) is 11.3 Å². The summed E-state index contributed by atoms with van der Waals surface area (Å²) in [5.74, 6) is 1.54. The van der Waals surface area contributed by atoms with Gasteiger partial charge in [-0.05, 0) is 49.9 Å². The third kappa shape index (κ3) is 4.79. The topological polar surface area (TPSA) is 58.8 Å². The lowest BCUT2D eigenvalue weighted by Crippen LogP contribution is -2.33. The first-order chi connectivity index (χ1) is 15.7. The summed E-state index contributed by atoms with van der Waals surface area (Å²) in [5.41, 5.74) is 3.45. The van der Waals surface area contributed by atoms with Crippen molar-refractivity contribution in [2.75, 3.05) is 31.6 Å². The Morgan fingerprint density at radius 2 is 1.78 bits per heavy atom.